The van der Waals surface area contributed by atoms with Gasteiger partial charge < -0.3 is 19.1 Å². The Labute approximate surface area is 133 Å². The molecule has 1 amide bonds. The van der Waals surface area contributed by atoms with Gasteiger partial charge in [0.05, 0.1) is 18.7 Å². The monoisotopic (exact) mass is 312 g/mol. The third-order valence-electron chi connectivity index (χ3n) is 3.88. The Bertz CT molecular complexity index is 714. The first kappa shape index (κ1) is 13.9. The third kappa shape index (κ3) is 2.67. The number of aromatic nitrogens is 1. The molecule has 0 atom stereocenters. The number of rotatable bonds is 3. The summed E-state index contributed by atoms with van der Waals surface area (Å²) in [5.74, 6) is 1.89. The summed E-state index contributed by atoms with van der Waals surface area (Å²) < 4.78 is 16.9. The highest BCUT2D eigenvalue weighted by atomic mass is 16.6. The van der Waals surface area contributed by atoms with Crippen molar-refractivity contribution >= 4 is 5.91 Å². The zero-order valence-electron chi connectivity index (χ0n) is 12.5. The highest BCUT2D eigenvalue weighted by Crippen LogP contribution is 2.35. The zero-order valence-corrected chi connectivity index (χ0v) is 12.5. The number of benzene rings is 1. The molecule has 0 unspecified atom stereocenters. The lowest BCUT2D eigenvalue weighted by atomic mass is 10.1. The molecule has 0 aliphatic carbocycles. The Balaban J connectivity index is 1.42. The lowest BCUT2D eigenvalue weighted by Gasteiger charge is -2.39. The molecule has 1 fully saturated rings. The van der Waals surface area contributed by atoms with Crippen LogP contribution in [0, 0.1) is 0 Å². The van der Waals surface area contributed by atoms with Crippen LogP contribution in [0.5, 0.6) is 17.2 Å². The molecule has 4 rings (SSSR count). The van der Waals surface area contributed by atoms with Gasteiger partial charge in [-0.25, -0.2) is 0 Å². The van der Waals surface area contributed by atoms with Crippen LogP contribution in [-0.2, 0) is 0 Å². The van der Waals surface area contributed by atoms with E-state index in [2.05, 4.69) is 4.98 Å². The number of amides is 1. The number of pyridine rings is 1. The van der Waals surface area contributed by atoms with Crippen molar-refractivity contribution in [3.05, 3.63) is 48.3 Å². The summed E-state index contributed by atoms with van der Waals surface area (Å²) in [7, 11) is 0. The normalized spacial score (nSPS) is 16.6. The van der Waals surface area contributed by atoms with Crippen LogP contribution < -0.4 is 14.2 Å². The van der Waals surface area contributed by atoms with Crippen molar-refractivity contribution in [1.29, 1.82) is 0 Å². The summed E-state index contributed by atoms with van der Waals surface area (Å²) in [5, 5.41) is 0. The number of nitrogens with zero attached hydrogens (tertiary/aromatic N) is 2. The predicted molar refractivity (Wildman–Crippen MR) is 82.0 cm³/mol. The lowest BCUT2D eigenvalue weighted by Crippen LogP contribution is -2.56. The van der Waals surface area contributed by atoms with E-state index in [1.807, 2.05) is 24.3 Å². The fourth-order valence-electron chi connectivity index (χ4n) is 2.70. The van der Waals surface area contributed by atoms with Crippen molar-refractivity contribution in [2.24, 2.45) is 0 Å². The van der Waals surface area contributed by atoms with Gasteiger partial charge in [-0.2, -0.15) is 0 Å². The van der Waals surface area contributed by atoms with Crippen molar-refractivity contribution in [3.8, 4) is 17.2 Å². The molecule has 2 aromatic rings. The van der Waals surface area contributed by atoms with E-state index in [1.54, 1.807) is 23.4 Å². The second-order valence-corrected chi connectivity index (χ2v) is 5.46. The average molecular weight is 312 g/mol. The van der Waals surface area contributed by atoms with Gasteiger partial charge in [0.25, 0.3) is 5.91 Å². The summed E-state index contributed by atoms with van der Waals surface area (Å²) in [6.45, 7) is 2.10. The Morgan fingerprint density at radius 3 is 2.74 bits per heavy atom. The Morgan fingerprint density at radius 1 is 1.13 bits per heavy atom. The van der Waals surface area contributed by atoms with Gasteiger partial charge in [0.2, 0.25) is 0 Å². The number of carbonyl (C=O) groups excluding carboxylic acids is 1. The quantitative estimate of drug-likeness (QED) is 0.864. The first-order chi connectivity index (χ1) is 11.3. The minimum absolute atomic E-state index is 0.0121. The van der Waals surface area contributed by atoms with Crippen molar-refractivity contribution in [3.63, 3.8) is 0 Å². The van der Waals surface area contributed by atoms with E-state index in [0.717, 1.165) is 5.75 Å². The molecule has 1 aromatic carbocycles. The summed E-state index contributed by atoms with van der Waals surface area (Å²) in [6.07, 6.45) is 3.38. The molecule has 1 saturated heterocycles. The minimum Gasteiger partial charge on any atom is -0.487 e. The van der Waals surface area contributed by atoms with Gasteiger partial charge in [-0.3, -0.25) is 9.78 Å². The molecule has 0 spiro atoms. The van der Waals surface area contributed by atoms with Crippen molar-refractivity contribution in [2.75, 3.05) is 26.3 Å². The molecule has 2 aliphatic heterocycles. The second kappa shape index (κ2) is 5.79. The smallest absolute Gasteiger partial charge is 0.258 e. The van der Waals surface area contributed by atoms with Crippen molar-refractivity contribution < 1.29 is 19.0 Å². The fourth-order valence-corrected chi connectivity index (χ4v) is 2.70. The van der Waals surface area contributed by atoms with Gasteiger partial charge in [-0.15, -0.1) is 0 Å². The van der Waals surface area contributed by atoms with Gasteiger partial charge in [0.1, 0.15) is 25.1 Å². The van der Waals surface area contributed by atoms with E-state index in [-0.39, 0.29) is 12.0 Å². The van der Waals surface area contributed by atoms with Crippen LogP contribution in [0.1, 0.15) is 10.4 Å². The van der Waals surface area contributed by atoms with Crippen LogP contribution in [0.2, 0.25) is 0 Å². The van der Waals surface area contributed by atoms with Crippen LogP contribution in [0.4, 0.5) is 0 Å². The number of hydrogen-bond donors (Lipinski definition) is 0. The molecule has 6 heteroatoms. The third-order valence-corrected chi connectivity index (χ3v) is 3.88. The average Bonchev–Trinajstić information content (AvgIpc) is 2.57. The first-order valence-corrected chi connectivity index (χ1v) is 7.56. The zero-order chi connectivity index (χ0) is 15.6. The van der Waals surface area contributed by atoms with Gasteiger partial charge >= 0.3 is 0 Å². The number of hydrogen-bond acceptors (Lipinski definition) is 5. The highest BCUT2D eigenvalue weighted by Gasteiger charge is 2.35. The molecule has 3 heterocycles. The summed E-state index contributed by atoms with van der Waals surface area (Å²) >= 11 is 0. The molecular formula is C17H16N2O4. The van der Waals surface area contributed by atoms with E-state index in [0.29, 0.717) is 43.4 Å². The standard InChI is InChI=1S/C17H16N2O4/c20-17(14-2-1-3-15-16(14)22-9-8-21-15)19-10-13(11-19)23-12-4-6-18-7-5-12/h1-7,13H,8-11H2. The van der Waals surface area contributed by atoms with E-state index < -0.39 is 0 Å². The molecule has 2 aliphatic rings. The molecule has 0 N–H and O–H groups in total. The number of carbonyl (C=O) groups is 1. The van der Waals surface area contributed by atoms with Crippen molar-refractivity contribution in [2.45, 2.75) is 6.10 Å². The summed E-state index contributed by atoms with van der Waals surface area (Å²) in [4.78, 5) is 18.3. The first-order valence-electron chi connectivity index (χ1n) is 7.56. The Hall–Kier alpha value is -2.76. The second-order valence-electron chi connectivity index (χ2n) is 5.46. The highest BCUT2D eigenvalue weighted by molar-refractivity contribution is 5.98. The molecular weight excluding hydrogens is 296 g/mol. The predicted octanol–water partition coefficient (Wildman–Crippen LogP) is 1.76. The molecule has 6 nitrogen and oxygen atoms in total. The maximum Gasteiger partial charge on any atom is 0.258 e. The van der Waals surface area contributed by atoms with E-state index in [9.17, 15) is 4.79 Å². The van der Waals surface area contributed by atoms with Crippen LogP contribution in [0.25, 0.3) is 0 Å². The number of ether oxygens (including phenoxy) is 3. The molecule has 0 saturated carbocycles. The molecule has 0 bridgehead atoms. The van der Waals surface area contributed by atoms with Gasteiger partial charge in [-0.1, -0.05) is 6.07 Å². The van der Waals surface area contributed by atoms with Crippen LogP contribution in [0.3, 0.4) is 0 Å². The van der Waals surface area contributed by atoms with E-state index >= 15 is 0 Å². The maximum atomic E-state index is 12.6. The maximum absolute atomic E-state index is 12.6. The SMILES string of the molecule is O=C(c1cccc2c1OCCO2)N1CC(Oc2ccncc2)C1. The molecule has 23 heavy (non-hydrogen) atoms. The van der Waals surface area contributed by atoms with E-state index in [4.69, 9.17) is 14.2 Å². The summed E-state index contributed by atoms with van der Waals surface area (Å²) in [6, 6.07) is 9.02. The Morgan fingerprint density at radius 2 is 1.91 bits per heavy atom. The molecule has 1 aromatic heterocycles. The van der Waals surface area contributed by atoms with Crippen LogP contribution >= 0.6 is 0 Å². The molecule has 0 radical (unpaired) electrons. The number of para-hydroxylation sites is 1. The lowest BCUT2D eigenvalue weighted by molar-refractivity contribution is 0.0172. The van der Waals surface area contributed by atoms with Crippen LogP contribution in [-0.4, -0.2) is 48.2 Å². The topological polar surface area (TPSA) is 60.9 Å². The van der Waals surface area contributed by atoms with Gasteiger partial charge in [-0.05, 0) is 24.3 Å². The van der Waals surface area contributed by atoms with E-state index in [1.165, 1.54) is 0 Å². The number of fused-ring (bicyclic) bond motifs is 1. The largest absolute Gasteiger partial charge is 0.487 e. The number of likely N-dealkylation sites (tertiary alicyclic amines) is 1. The fraction of sp³-hybridized carbons (Fsp3) is 0.294. The van der Waals surface area contributed by atoms with Gasteiger partial charge in [0.15, 0.2) is 11.5 Å². The van der Waals surface area contributed by atoms with Crippen LogP contribution in [0.15, 0.2) is 42.7 Å². The minimum atomic E-state index is -0.0538. The van der Waals surface area contributed by atoms with Crippen molar-refractivity contribution in [1.82, 2.24) is 9.88 Å². The van der Waals surface area contributed by atoms with Gasteiger partial charge in [0, 0.05) is 12.4 Å². The molecule has 118 valence electrons. The Kier molecular flexibility index (Phi) is 3.49. The summed E-state index contributed by atoms with van der Waals surface area (Å²) in [5.41, 5.74) is 0.546.